The summed E-state index contributed by atoms with van der Waals surface area (Å²) >= 11 is 0. The second-order valence-electron chi connectivity index (χ2n) is 5.75. The van der Waals surface area contributed by atoms with Crippen molar-refractivity contribution in [2.24, 2.45) is 0 Å². The maximum absolute atomic E-state index is 6.18. The molecule has 2 atom stereocenters. The van der Waals surface area contributed by atoms with Gasteiger partial charge in [0.15, 0.2) is 5.79 Å². The van der Waals surface area contributed by atoms with E-state index in [2.05, 4.69) is 12.2 Å². The molecule has 2 saturated heterocycles. The quantitative estimate of drug-likeness (QED) is 0.810. The van der Waals surface area contributed by atoms with Crippen molar-refractivity contribution >= 4 is 0 Å². The Labute approximate surface area is 114 Å². The number of ether oxygens (including phenoxy) is 4. The van der Waals surface area contributed by atoms with Crippen molar-refractivity contribution in [3.8, 4) is 0 Å². The van der Waals surface area contributed by atoms with E-state index < -0.39 is 0 Å². The second-order valence-corrected chi connectivity index (χ2v) is 5.75. The summed E-state index contributed by atoms with van der Waals surface area (Å²) in [4.78, 5) is 0. The fourth-order valence-electron chi connectivity index (χ4n) is 3.12. The SMILES string of the molecule is CCCNC1CCC2(CC1OC1COC1)OCCO2. The standard InChI is InChI=1S/C14H25NO4/c1-2-5-15-12-3-4-14(17-6-7-18-14)8-13(12)19-11-9-16-10-11/h11-13,15H,2-10H2,1H3. The molecule has 2 heterocycles. The lowest BCUT2D eigenvalue weighted by Gasteiger charge is -2.43. The van der Waals surface area contributed by atoms with E-state index in [1.807, 2.05) is 0 Å². The van der Waals surface area contributed by atoms with Crippen LogP contribution >= 0.6 is 0 Å². The highest BCUT2D eigenvalue weighted by Crippen LogP contribution is 2.37. The molecular formula is C14H25NO4. The Hall–Kier alpha value is -0.200. The molecule has 1 spiro atoms. The molecule has 2 aliphatic heterocycles. The monoisotopic (exact) mass is 271 g/mol. The largest absolute Gasteiger partial charge is 0.376 e. The van der Waals surface area contributed by atoms with Gasteiger partial charge in [0.2, 0.25) is 0 Å². The van der Waals surface area contributed by atoms with Gasteiger partial charge in [0, 0.05) is 18.9 Å². The molecule has 2 unspecified atom stereocenters. The van der Waals surface area contributed by atoms with E-state index in [1.165, 1.54) is 0 Å². The van der Waals surface area contributed by atoms with Crippen LogP contribution in [0.5, 0.6) is 0 Å². The van der Waals surface area contributed by atoms with E-state index in [0.717, 1.165) is 45.4 Å². The predicted octanol–water partition coefficient (Wildman–Crippen LogP) is 1.07. The molecule has 0 aromatic heterocycles. The van der Waals surface area contributed by atoms with E-state index in [-0.39, 0.29) is 18.0 Å². The van der Waals surface area contributed by atoms with Crippen LogP contribution in [0, 0.1) is 0 Å². The van der Waals surface area contributed by atoms with Crippen LogP contribution < -0.4 is 5.32 Å². The highest BCUT2D eigenvalue weighted by Gasteiger charge is 2.46. The molecule has 3 rings (SSSR count). The molecule has 3 fully saturated rings. The first kappa shape index (κ1) is 13.8. The first-order valence-electron chi connectivity index (χ1n) is 7.56. The molecule has 0 radical (unpaired) electrons. The third-order valence-corrected chi connectivity index (χ3v) is 4.24. The summed E-state index contributed by atoms with van der Waals surface area (Å²) < 4.78 is 23.1. The zero-order chi connectivity index (χ0) is 13.1. The summed E-state index contributed by atoms with van der Waals surface area (Å²) in [5, 5.41) is 3.60. The second kappa shape index (κ2) is 6.06. The lowest BCUT2D eigenvalue weighted by atomic mass is 9.87. The minimum Gasteiger partial charge on any atom is -0.376 e. The van der Waals surface area contributed by atoms with Crippen LogP contribution in [0.3, 0.4) is 0 Å². The minimum absolute atomic E-state index is 0.173. The number of nitrogens with one attached hydrogen (secondary N) is 1. The topological polar surface area (TPSA) is 49.0 Å². The first-order chi connectivity index (χ1) is 9.31. The van der Waals surface area contributed by atoms with Gasteiger partial charge in [0.25, 0.3) is 0 Å². The van der Waals surface area contributed by atoms with Gasteiger partial charge in [-0.2, -0.15) is 0 Å². The smallest absolute Gasteiger partial charge is 0.171 e. The van der Waals surface area contributed by atoms with Gasteiger partial charge in [-0.1, -0.05) is 6.92 Å². The summed E-state index contributed by atoms with van der Waals surface area (Å²) in [6, 6.07) is 0.416. The molecule has 19 heavy (non-hydrogen) atoms. The summed E-state index contributed by atoms with van der Waals surface area (Å²) in [5.74, 6) is -0.375. The van der Waals surface area contributed by atoms with Crippen molar-refractivity contribution in [2.45, 2.75) is 56.6 Å². The lowest BCUT2D eigenvalue weighted by Crippen LogP contribution is -2.54. The van der Waals surface area contributed by atoms with Crippen LogP contribution in [0.4, 0.5) is 0 Å². The van der Waals surface area contributed by atoms with Crippen molar-refractivity contribution in [1.82, 2.24) is 5.32 Å². The third kappa shape index (κ3) is 3.11. The molecule has 1 saturated carbocycles. The highest BCUT2D eigenvalue weighted by atomic mass is 16.7. The zero-order valence-corrected chi connectivity index (χ0v) is 11.7. The summed E-state index contributed by atoms with van der Waals surface area (Å²) in [6.07, 6.45) is 4.44. The van der Waals surface area contributed by atoms with Crippen molar-refractivity contribution < 1.29 is 18.9 Å². The maximum atomic E-state index is 6.18. The minimum atomic E-state index is -0.375. The Morgan fingerprint density at radius 2 is 2.05 bits per heavy atom. The Kier molecular flexibility index (Phi) is 4.39. The van der Waals surface area contributed by atoms with Crippen LogP contribution in [-0.4, -0.2) is 57.0 Å². The molecule has 0 aromatic rings. The molecule has 3 aliphatic rings. The number of rotatable bonds is 5. The van der Waals surface area contributed by atoms with Crippen LogP contribution in [0.25, 0.3) is 0 Å². The normalized spacial score (nSPS) is 34.6. The third-order valence-electron chi connectivity index (χ3n) is 4.24. The van der Waals surface area contributed by atoms with Crippen molar-refractivity contribution in [2.75, 3.05) is 33.0 Å². The number of hydrogen-bond donors (Lipinski definition) is 1. The average Bonchev–Trinajstić information content (AvgIpc) is 2.81. The van der Waals surface area contributed by atoms with E-state index in [1.54, 1.807) is 0 Å². The molecule has 0 bridgehead atoms. The summed E-state index contributed by atoms with van der Waals surface area (Å²) in [7, 11) is 0. The number of hydrogen-bond acceptors (Lipinski definition) is 5. The fourth-order valence-corrected chi connectivity index (χ4v) is 3.12. The van der Waals surface area contributed by atoms with Crippen LogP contribution in [0.1, 0.15) is 32.6 Å². The van der Waals surface area contributed by atoms with Gasteiger partial charge in [-0.05, 0) is 19.4 Å². The van der Waals surface area contributed by atoms with Crippen molar-refractivity contribution in [3.05, 3.63) is 0 Å². The molecule has 0 amide bonds. The molecule has 5 heteroatoms. The van der Waals surface area contributed by atoms with E-state index >= 15 is 0 Å². The van der Waals surface area contributed by atoms with Crippen molar-refractivity contribution in [3.63, 3.8) is 0 Å². The van der Waals surface area contributed by atoms with Crippen molar-refractivity contribution in [1.29, 1.82) is 0 Å². The Balaban J connectivity index is 1.60. The van der Waals surface area contributed by atoms with E-state index in [4.69, 9.17) is 18.9 Å². The van der Waals surface area contributed by atoms with Gasteiger partial charge in [0.05, 0.1) is 32.5 Å². The Morgan fingerprint density at radius 3 is 2.68 bits per heavy atom. The molecule has 5 nitrogen and oxygen atoms in total. The van der Waals surface area contributed by atoms with Gasteiger partial charge >= 0.3 is 0 Å². The van der Waals surface area contributed by atoms with E-state index in [9.17, 15) is 0 Å². The summed E-state index contributed by atoms with van der Waals surface area (Å²) in [6.45, 7) is 6.12. The Bertz CT molecular complexity index is 289. The van der Waals surface area contributed by atoms with Crippen LogP contribution in [0.2, 0.25) is 0 Å². The zero-order valence-electron chi connectivity index (χ0n) is 11.7. The van der Waals surface area contributed by atoms with Crippen LogP contribution in [-0.2, 0) is 18.9 Å². The highest BCUT2D eigenvalue weighted by molar-refractivity contribution is 4.93. The van der Waals surface area contributed by atoms with E-state index in [0.29, 0.717) is 19.3 Å². The fraction of sp³-hybridized carbons (Fsp3) is 1.00. The van der Waals surface area contributed by atoms with Gasteiger partial charge in [-0.15, -0.1) is 0 Å². The predicted molar refractivity (Wildman–Crippen MR) is 70.0 cm³/mol. The Morgan fingerprint density at radius 1 is 1.26 bits per heavy atom. The van der Waals surface area contributed by atoms with Gasteiger partial charge in [0.1, 0.15) is 6.10 Å². The van der Waals surface area contributed by atoms with Gasteiger partial charge in [-0.25, -0.2) is 0 Å². The summed E-state index contributed by atoms with van der Waals surface area (Å²) in [5.41, 5.74) is 0. The molecule has 1 N–H and O–H groups in total. The molecule has 110 valence electrons. The maximum Gasteiger partial charge on any atom is 0.171 e. The first-order valence-corrected chi connectivity index (χ1v) is 7.56. The van der Waals surface area contributed by atoms with Gasteiger partial charge in [-0.3, -0.25) is 0 Å². The average molecular weight is 271 g/mol. The lowest BCUT2D eigenvalue weighted by molar-refractivity contribution is -0.232. The van der Waals surface area contributed by atoms with Gasteiger partial charge < -0.3 is 24.3 Å². The van der Waals surface area contributed by atoms with Crippen LogP contribution in [0.15, 0.2) is 0 Å². The molecule has 1 aliphatic carbocycles. The molecular weight excluding hydrogens is 246 g/mol. The molecule has 0 aromatic carbocycles.